The summed E-state index contributed by atoms with van der Waals surface area (Å²) in [7, 11) is -0.920. The van der Waals surface area contributed by atoms with Crippen molar-refractivity contribution in [2.45, 2.75) is 33.7 Å². The third kappa shape index (κ3) is 8.07. The molecule has 0 saturated carbocycles. The van der Waals surface area contributed by atoms with E-state index >= 15 is 0 Å². The van der Waals surface area contributed by atoms with E-state index in [1.54, 1.807) is 12.4 Å². The molecule has 4 N–H and O–H groups in total. The van der Waals surface area contributed by atoms with E-state index in [0.717, 1.165) is 12.3 Å². The van der Waals surface area contributed by atoms with Gasteiger partial charge >= 0.3 is 0 Å². The Morgan fingerprint density at radius 3 is 2.62 bits per heavy atom. The fourth-order valence-electron chi connectivity index (χ4n) is 2.62. The van der Waals surface area contributed by atoms with Gasteiger partial charge in [-0.1, -0.05) is 51.5 Å². The first-order valence-corrected chi connectivity index (χ1v) is 12.2. The van der Waals surface area contributed by atoms with Crippen LogP contribution >= 0.6 is 8.30 Å². The van der Waals surface area contributed by atoms with Gasteiger partial charge in [-0.3, -0.25) is 5.09 Å². The van der Waals surface area contributed by atoms with Crippen LogP contribution in [0.15, 0.2) is 49.3 Å². The quantitative estimate of drug-likeness (QED) is 0.208. The molecule has 32 heavy (non-hydrogen) atoms. The average molecular weight is 460 g/mol. The van der Waals surface area contributed by atoms with Crippen molar-refractivity contribution in [2.75, 3.05) is 37.1 Å². The first kappa shape index (κ1) is 25.5. The molecule has 3 aromatic rings. The summed E-state index contributed by atoms with van der Waals surface area (Å²) in [5.74, 6) is 1.62. The predicted molar refractivity (Wildman–Crippen MR) is 133 cm³/mol. The van der Waals surface area contributed by atoms with Crippen LogP contribution < -0.4 is 20.7 Å². The average Bonchev–Trinajstić information content (AvgIpc) is 3.19. The summed E-state index contributed by atoms with van der Waals surface area (Å²) in [6.45, 7) is 12.5. The lowest BCUT2D eigenvalue weighted by Crippen LogP contribution is -2.15. The Bertz CT molecular complexity index is 937. The van der Waals surface area contributed by atoms with Gasteiger partial charge in [0, 0.05) is 13.1 Å². The van der Waals surface area contributed by atoms with Gasteiger partial charge in [-0.15, -0.1) is 6.58 Å². The number of rotatable bonds is 12. The van der Waals surface area contributed by atoms with Crippen molar-refractivity contribution in [3.05, 3.63) is 49.3 Å². The van der Waals surface area contributed by atoms with Crippen molar-refractivity contribution < 1.29 is 9.26 Å². The molecule has 0 radical (unpaired) electrons. The fourth-order valence-corrected chi connectivity index (χ4v) is 3.85. The lowest BCUT2D eigenvalue weighted by atomic mass is 10.3. The summed E-state index contributed by atoms with van der Waals surface area (Å²) in [5.41, 5.74) is 7.18. The topological polar surface area (TPSA) is 112 Å². The van der Waals surface area contributed by atoms with Gasteiger partial charge in [0.25, 0.3) is 0 Å². The maximum Gasteiger partial charge on any atom is 0.224 e. The maximum absolute atomic E-state index is 5.99. The Labute approximate surface area is 191 Å². The number of fused-ring (bicyclic) bond motifs is 1. The van der Waals surface area contributed by atoms with Crippen molar-refractivity contribution in [2.24, 2.45) is 0 Å². The molecule has 0 bridgehead atoms. The fraction of sp³-hybridized carbons (Fsp3) is 0.409. The molecule has 0 aliphatic carbocycles. The van der Waals surface area contributed by atoms with Crippen molar-refractivity contribution in [3.8, 4) is 5.75 Å². The van der Waals surface area contributed by atoms with Gasteiger partial charge in [0.05, 0.1) is 12.9 Å². The number of nitrogens with zero attached hydrogens (tertiary/aromatic N) is 4. The second-order valence-electron chi connectivity index (χ2n) is 6.75. The third-order valence-electron chi connectivity index (χ3n) is 3.87. The molecule has 0 aliphatic rings. The molecule has 1 atom stereocenters. The van der Waals surface area contributed by atoms with Crippen molar-refractivity contribution in [1.29, 1.82) is 0 Å². The number of hydrogen-bond donors (Lipinski definition) is 3. The summed E-state index contributed by atoms with van der Waals surface area (Å²) in [5, 5.41) is 6.47. The van der Waals surface area contributed by atoms with Crippen LogP contribution in [-0.4, -0.2) is 45.6 Å². The van der Waals surface area contributed by atoms with Crippen LogP contribution in [0.25, 0.3) is 11.2 Å². The molecule has 0 amide bonds. The van der Waals surface area contributed by atoms with Crippen molar-refractivity contribution in [3.63, 3.8) is 0 Å². The number of aromatic nitrogens is 4. The van der Waals surface area contributed by atoms with Gasteiger partial charge in [-0.05, 0) is 18.7 Å². The molecule has 0 aliphatic heterocycles. The Hall–Kier alpha value is -2.74. The first-order valence-electron chi connectivity index (χ1n) is 10.8. The van der Waals surface area contributed by atoms with Gasteiger partial charge < -0.3 is 24.9 Å². The minimum absolute atomic E-state index is 0.193. The Morgan fingerprint density at radius 2 is 1.94 bits per heavy atom. The molecule has 1 aromatic carbocycles. The van der Waals surface area contributed by atoms with Gasteiger partial charge in [-0.25, -0.2) is 4.98 Å². The van der Waals surface area contributed by atoms with Crippen LogP contribution in [0.4, 0.5) is 11.8 Å². The highest BCUT2D eigenvalue weighted by Crippen LogP contribution is 2.33. The number of nitrogen functional groups attached to an aromatic ring is 1. The van der Waals surface area contributed by atoms with Crippen molar-refractivity contribution >= 4 is 31.2 Å². The molecule has 3 rings (SSSR count). The standard InChI is InChI=1S/C19H26N7O2P.C3H8/c1-3-10-21-17-16-18(25-19(20)24-17)26(13-22-16)11-12-27-14-29(23-4-2)28-15-8-6-5-7-9-15;1-3-2/h3,5-9,13,23H,1,4,10-12,14H2,2H3,(H3,20,21,24,25);3H2,1-2H3. The zero-order valence-corrected chi connectivity index (χ0v) is 20.0. The summed E-state index contributed by atoms with van der Waals surface area (Å²) in [4.78, 5) is 12.9. The molecule has 0 saturated heterocycles. The minimum atomic E-state index is -0.920. The molecule has 174 valence electrons. The maximum atomic E-state index is 5.99. The monoisotopic (exact) mass is 459 g/mol. The SMILES string of the molecule is C=CCNc1nc(N)nc2c1ncn2CCOCP(NCC)Oc1ccccc1.CCC. The van der Waals surface area contributed by atoms with Crippen LogP contribution in [-0.2, 0) is 11.3 Å². The number of imidazole rings is 1. The molecule has 2 aromatic heterocycles. The Kier molecular flexibility index (Phi) is 11.4. The van der Waals surface area contributed by atoms with Crippen LogP contribution in [0, 0.1) is 0 Å². The van der Waals surface area contributed by atoms with E-state index in [9.17, 15) is 0 Å². The van der Waals surface area contributed by atoms with E-state index in [2.05, 4.69) is 45.8 Å². The van der Waals surface area contributed by atoms with E-state index in [-0.39, 0.29) is 5.95 Å². The minimum Gasteiger partial charge on any atom is -0.456 e. The van der Waals surface area contributed by atoms with E-state index in [0.29, 0.717) is 43.0 Å². The second-order valence-corrected chi connectivity index (χ2v) is 8.26. The number of nitrogens with two attached hydrogens (primary N) is 1. The van der Waals surface area contributed by atoms with Crippen LogP contribution in [0.2, 0.25) is 0 Å². The van der Waals surface area contributed by atoms with E-state index < -0.39 is 8.30 Å². The Morgan fingerprint density at radius 1 is 1.19 bits per heavy atom. The van der Waals surface area contributed by atoms with Crippen LogP contribution in [0.3, 0.4) is 0 Å². The lowest BCUT2D eigenvalue weighted by Gasteiger charge is -2.18. The van der Waals surface area contributed by atoms with Gasteiger partial charge in [0.15, 0.2) is 25.3 Å². The van der Waals surface area contributed by atoms with Crippen LogP contribution in [0.1, 0.15) is 27.2 Å². The summed E-state index contributed by atoms with van der Waals surface area (Å²) in [6, 6.07) is 9.73. The van der Waals surface area contributed by atoms with Gasteiger partial charge in [-0.2, -0.15) is 9.97 Å². The highest BCUT2D eigenvalue weighted by molar-refractivity contribution is 7.50. The zero-order chi connectivity index (χ0) is 23.2. The predicted octanol–water partition coefficient (Wildman–Crippen LogP) is 4.40. The van der Waals surface area contributed by atoms with Gasteiger partial charge in [0.1, 0.15) is 12.1 Å². The normalized spacial score (nSPS) is 11.5. The second kappa shape index (κ2) is 14.3. The number of para-hydroxylation sites is 1. The highest BCUT2D eigenvalue weighted by atomic mass is 31.2. The van der Waals surface area contributed by atoms with E-state index in [1.165, 1.54) is 6.42 Å². The molecule has 1 unspecified atom stereocenters. The lowest BCUT2D eigenvalue weighted by molar-refractivity contribution is 0.165. The van der Waals surface area contributed by atoms with Crippen molar-refractivity contribution in [1.82, 2.24) is 24.6 Å². The largest absolute Gasteiger partial charge is 0.456 e. The van der Waals surface area contributed by atoms with E-state index in [1.807, 2.05) is 41.8 Å². The summed E-state index contributed by atoms with van der Waals surface area (Å²) in [6.07, 6.45) is 5.19. The first-order chi connectivity index (χ1) is 15.6. The summed E-state index contributed by atoms with van der Waals surface area (Å²) < 4.78 is 13.7. The molecular weight excluding hydrogens is 425 g/mol. The summed E-state index contributed by atoms with van der Waals surface area (Å²) >= 11 is 0. The smallest absolute Gasteiger partial charge is 0.224 e. The highest BCUT2D eigenvalue weighted by Gasteiger charge is 2.13. The molecule has 2 heterocycles. The number of hydrogen-bond acceptors (Lipinski definition) is 8. The molecular formula is C22H34N7O2P. The molecule has 10 heteroatoms. The van der Waals surface area contributed by atoms with E-state index in [4.69, 9.17) is 15.0 Å². The zero-order valence-electron chi connectivity index (χ0n) is 19.1. The third-order valence-corrected chi connectivity index (χ3v) is 5.39. The van der Waals surface area contributed by atoms with Crippen LogP contribution in [0.5, 0.6) is 5.75 Å². The molecule has 0 fully saturated rings. The molecule has 9 nitrogen and oxygen atoms in total. The number of anilines is 2. The number of ether oxygens (including phenoxy) is 1. The number of benzene rings is 1. The Balaban J connectivity index is 0.00000114. The van der Waals surface area contributed by atoms with Gasteiger partial charge in [0.2, 0.25) is 5.95 Å². The molecule has 0 spiro atoms. The number of nitrogens with one attached hydrogen (secondary N) is 2.